The molecule has 0 aliphatic carbocycles. The lowest BCUT2D eigenvalue weighted by Gasteiger charge is -2.02. The number of anilines is 1. The fourth-order valence-electron chi connectivity index (χ4n) is 1.72. The molecule has 0 bridgehead atoms. The van der Waals surface area contributed by atoms with E-state index in [0.717, 1.165) is 23.5 Å². The molecule has 106 valence electrons. The highest BCUT2D eigenvalue weighted by Crippen LogP contribution is 2.23. The summed E-state index contributed by atoms with van der Waals surface area (Å²) < 4.78 is 1.77. The number of carboxylic acids is 1. The maximum absolute atomic E-state index is 11.4. The molecule has 0 aliphatic rings. The Morgan fingerprint density at radius 1 is 1.50 bits per heavy atom. The molecule has 8 heteroatoms. The summed E-state index contributed by atoms with van der Waals surface area (Å²) in [6.45, 7) is 1.92. The molecule has 0 spiro atoms. The number of Topliss-reactive ketones (excluding diaryl/α,β-unsaturated/α-hetero) is 1. The number of hydrogen-bond acceptors (Lipinski definition) is 6. The van der Waals surface area contributed by atoms with Gasteiger partial charge in [-0.25, -0.2) is 9.78 Å². The topological polar surface area (TPSA) is 97.1 Å². The zero-order chi connectivity index (χ0) is 14.7. The molecule has 0 saturated carbocycles. The van der Waals surface area contributed by atoms with Gasteiger partial charge in [-0.1, -0.05) is 11.3 Å². The normalized spacial score (nSPS) is 10.5. The fourth-order valence-corrected chi connectivity index (χ4v) is 2.60. The number of nitrogens with zero attached hydrogens (tertiary/aromatic N) is 3. The molecule has 2 aromatic heterocycles. The Bertz CT molecular complexity index is 615. The second-order valence-electron chi connectivity index (χ2n) is 4.18. The monoisotopic (exact) mass is 294 g/mol. The number of rotatable bonds is 6. The zero-order valence-electron chi connectivity index (χ0n) is 11.1. The summed E-state index contributed by atoms with van der Waals surface area (Å²) in [5.41, 5.74) is 0.866. The molecule has 2 N–H and O–H groups in total. The Morgan fingerprint density at radius 2 is 2.25 bits per heavy atom. The highest BCUT2D eigenvalue weighted by molar-refractivity contribution is 7.17. The summed E-state index contributed by atoms with van der Waals surface area (Å²) in [5.74, 6) is -1.48. The Morgan fingerprint density at radius 3 is 2.75 bits per heavy atom. The molecule has 2 rings (SSSR count). The van der Waals surface area contributed by atoms with E-state index in [2.05, 4.69) is 15.4 Å². The predicted molar refractivity (Wildman–Crippen MR) is 74.5 cm³/mol. The van der Waals surface area contributed by atoms with Crippen molar-refractivity contribution in [1.82, 2.24) is 14.8 Å². The molecule has 20 heavy (non-hydrogen) atoms. The van der Waals surface area contributed by atoms with Crippen molar-refractivity contribution >= 4 is 28.2 Å². The van der Waals surface area contributed by atoms with Gasteiger partial charge in [-0.05, 0) is 6.07 Å². The van der Waals surface area contributed by atoms with Crippen molar-refractivity contribution in [3.05, 3.63) is 28.5 Å². The molecule has 0 aliphatic heterocycles. The largest absolute Gasteiger partial charge is 0.476 e. The molecule has 0 unspecified atom stereocenters. The number of aromatic carboxylic acids is 1. The van der Waals surface area contributed by atoms with Crippen molar-refractivity contribution in [2.24, 2.45) is 7.05 Å². The number of carboxylic acid groups (broad SMARTS) is 1. The number of aromatic nitrogens is 3. The van der Waals surface area contributed by atoms with E-state index in [0.29, 0.717) is 11.7 Å². The molecule has 7 nitrogen and oxygen atoms in total. The number of nitrogens with one attached hydrogen (secondary N) is 1. The standard InChI is InChI=1S/C12H14N4O3S/c1-7(17)10-9(11(18)19)15-12(20-10)13-5-3-8-4-6-14-16(8)2/h4,6H,3,5H2,1-2H3,(H,13,15)(H,18,19). The lowest BCUT2D eigenvalue weighted by molar-refractivity contribution is 0.0687. The van der Waals surface area contributed by atoms with Crippen LogP contribution in [0.5, 0.6) is 0 Å². The van der Waals surface area contributed by atoms with Gasteiger partial charge >= 0.3 is 5.97 Å². The van der Waals surface area contributed by atoms with Crippen molar-refractivity contribution in [2.75, 3.05) is 11.9 Å². The Hall–Kier alpha value is -2.22. The van der Waals surface area contributed by atoms with Crippen LogP contribution < -0.4 is 5.32 Å². The van der Waals surface area contributed by atoms with Gasteiger partial charge in [0.2, 0.25) is 0 Å². The number of ketones is 1. The lowest BCUT2D eigenvalue weighted by atomic mass is 10.3. The summed E-state index contributed by atoms with van der Waals surface area (Å²) in [5, 5.41) is 16.5. The Kier molecular flexibility index (Phi) is 4.14. The van der Waals surface area contributed by atoms with Crippen LogP contribution in [0.3, 0.4) is 0 Å². The first-order chi connectivity index (χ1) is 9.49. The SMILES string of the molecule is CC(=O)c1sc(NCCc2ccnn2C)nc1C(=O)O. The van der Waals surface area contributed by atoms with Crippen LogP contribution in [0.4, 0.5) is 5.13 Å². The first kappa shape index (κ1) is 14.2. The summed E-state index contributed by atoms with van der Waals surface area (Å²) in [6.07, 6.45) is 2.45. The van der Waals surface area contributed by atoms with Gasteiger partial charge in [0, 0.05) is 38.8 Å². The van der Waals surface area contributed by atoms with Gasteiger partial charge in [0.05, 0.1) is 0 Å². The van der Waals surface area contributed by atoms with Gasteiger partial charge in [0.15, 0.2) is 16.6 Å². The molecule has 0 atom stereocenters. The lowest BCUT2D eigenvalue weighted by Crippen LogP contribution is -2.08. The Balaban J connectivity index is 2.03. The molecule has 0 aromatic carbocycles. The molecule has 2 heterocycles. The van der Waals surface area contributed by atoms with E-state index in [9.17, 15) is 9.59 Å². The minimum Gasteiger partial charge on any atom is -0.476 e. The number of hydrogen-bond donors (Lipinski definition) is 2. The third-order valence-corrected chi connectivity index (χ3v) is 3.84. The van der Waals surface area contributed by atoms with Crippen LogP contribution in [0, 0.1) is 0 Å². The maximum atomic E-state index is 11.4. The van der Waals surface area contributed by atoms with Gasteiger partial charge in [0.25, 0.3) is 0 Å². The summed E-state index contributed by atoms with van der Waals surface area (Å²) >= 11 is 1.06. The Labute approximate surface area is 119 Å². The smallest absolute Gasteiger partial charge is 0.356 e. The van der Waals surface area contributed by atoms with E-state index in [1.54, 1.807) is 10.9 Å². The van der Waals surface area contributed by atoms with Crippen molar-refractivity contribution in [1.29, 1.82) is 0 Å². The van der Waals surface area contributed by atoms with E-state index >= 15 is 0 Å². The van der Waals surface area contributed by atoms with E-state index in [1.807, 2.05) is 13.1 Å². The van der Waals surface area contributed by atoms with Gasteiger partial charge in [-0.15, -0.1) is 0 Å². The third kappa shape index (κ3) is 3.02. The van der Waals surface area contributed by atoms with Crippen LogP contribution in [-0.4, -0.2) is 38.2 Å². The van der Waals surface area contributed by atoms with Crippen LogP contribution in [0.1, 0.15) is 32.8 Å². The highest BCUT2D eigenvalue weighted by atomic mass is 32.1. The van der Waals surface area contributed by atoms with Gasteiger partial charge in [-0.2, -0.15) is 5.10 Å². The molecule has 0 radical (unpaired) electrons. The second-order valence-corrected chi connectivity index (χ2v) is 5.18. The highest BCUT2D eigenvalue weighted by Gasteiger charge is 2.20. The number of carbonyl (C=O) groups is 2. The van der Waals surface area contributed by atoms with E-state index in [-0.39, 0.29) is 16.4 Å². The van der Waals surface area contributed by atoms with Crippen LogP contribution in [-0.2, 0) is 13.5 Å². The molecular weight excluding hydrogens is 280 g/mol. The number of carbonyl (C=O) groups excluding carboxylic acids is 1. The summed E-state index contributed by atoms with van der Waals surface area (Å²) in [6, 6.07) is 1.91. The van der Waals surface area contributed by atoms with Crippen LogP contribution in [0.15, 0.2) is 12.3 Å². The molecule has 0 amide bonds. The minimum atomic E-state index is -1.19. The third-order valence-electron chi connectivity index (χ3n) is 2.73. The van der Waals surface area contributed by atoms with E-state index < -0.39 is 5.97 Å². The average Bonchev–Trinajstić information content (AvgIpc) is 2.97. The van der Waals surface area contributed by atoms with Gasteiger partial charge < -0.3 is 10.4 Å². The summed E-state index contributed by atoms with van der Waals surface area (Å²) in [7, 11) is 1.86. The molecule has 0 fully saturated rings. The quantitative estimate of drug-likeness (QED) is 0.782. The number of thiazole rings is 1. The fraction of sp³-hybridized carbons (Fsp3) is 0.333. The first-order valence-corrected chi connectivity index (χ1v) is 6.76. The van der Waals surface area contributed by atoms with Crippen LogP contribution in [0.25, 0.3) is 0 Å². The molecule has 2 aromatic rings. The zero-order valence-corrected chi connectivity index (χ0v) is 11.9. The van der Waals surface area contributed by atoms with Crippen LogP contribution in [0.2, 0.25) is 0 Å². The van der Waals surface area contributed by atoms with E-state index in [1.165, 1.54) is 6.92 Å². The predicted octanol–water partition coefficient (Wildman–Crippen LogP) is 1.43. The summed E-state index contributed by atoms with van der Waals surface area (Å²) in [4.78, 5) is 26.5. The first-order valence-electron chi connectivity index (χ1n) is 5.95. The van der Waals surface area contributed by atoms with Gasteiger partial charge in [0.1, 0.15) is 4.88 Å². The maximum Gasteiger partial charge on any atom is 0.356 e. The van der Waals surface area contributed by atoms with Crippen molar-refractivity contribution in [3.63, 3.8) is 0 Å². The van der Waals surface area contributed by atoms with Crippen LogP contribution >= 0.6 is 11.3 Å². The van der Waals surface area contributed by atoms with E-state index in [4.69, 9.17) is 5.11 Å². The molecular formula is C12H14N4O3S. The van der Waals surface area contributed by atoms with Crippen molar-refractivity contribution in [2.45, 2.75) is 13.3 Å². The molecule has 0 saturated heterocycles. The van der Waals surface area contributed by atoms with Crippen molar-refractivity contribution < 1.29 is 14.7 Å². The second kappa shape index (κ2) is 5.83. The van der Waals surface area contributed by atoms with Gasteiger partial charge in [-0.3, -0.25) is 9.48 Å². The van der Waals surface area contributed by atoms with Crippen molar-refractivity contribution in [3.8, 4) is 0 Å². The minimum absolute atomic E-state index is 0.167. The number of aryl methyl sites for hydroxylation is 1. The average molecular weight is 294 g/mol.